The first-order chi connectivity index (χ1) is 11.2. The van der Waals surface area contributed by atoms with Crippen LogP contribution in [-0.2, 0) is 16.0 Å². The summed E-state index contributed by atoms with van der Waals surface area (Å²) in [5, 5.41) is 2.89. The van der Waals surface area contributed by atoms with Crippen molar-refractivity contribution >= 4 is 5.91 Å². The first-order valence-corrected chi connectivity index (χ1v) is 7.93. The number of furan rings is 1. The van der Waals surface area contributed by atoms with Gasteiger partial charge in [0, 0.05) is 31.6 Å². The molecule has 1 N–H and O–H groups in total. The third-order valence-corrected chi connectivity index (χ3v) is 3.94. The molecule has 2 aromatic rings. The number of nitrogens with one attached hydrogen (secondary N) is 1. The van der Waals surface area contributed by atoms with Gasteiger partial charge in [0.1, 0.15) is 17.3 Å². The van der Waals surface area contributed by atoms with Crippen molar-refractivity contribution in [3.63, 3.8) is 0 Å². The summed E-state index contributed by atoms with van der Waals surface area (Å²) in [5.41, 5.74) is 0.820. The first kappa shape index (κ1) is 15.7. The van der Waals surface area contributed by atoms with Crippen molar-refractivity contribution in [1.82, 2.24) is 5.32 Å². The number of halogens is 1. The Labute approximate surface area is 134 Å². The Morgan fingerprint density at radius 1 is 1.22 bits per heavy atom. The van der Waals surface area contributed by atoms with Crippen LogP contribution in [0.25, 0.3) is 11.3 Å². The Bertz CT molecular complexity index is 645. The van der Waals surface area contributed by atoms with Crippen molar-refractivity contribution in [2.24, 2.45) is 0 Å². The molecule has 0 saturated carbocycles. The average molecular weight is 317 g/mol. The Hall–Kier alpha value is -2.14. The van der Waals surface area contributed by atoms with E-state index in [1.807, 2.05) is 12.1 Å². The van der Waals surface area contributed by atoms with Gasteiger partial charge >= 0.3 is 0 Å². The van der Waals surface area contributed by atoms with E-state index < -0.39 is 0 Å². The summed E-state index contributed by atoms with van der Waals surface area (Å²) < 4.78 is 24.1. The Morgan fingerprint density at radius 3 is 2.78 bits per heavy atom. The molecule has 4 nitrogen and oxygen atoms in total. The second-order valence-corrected chi connectivity index (χ2v) is 5.71. The molecule has 2 heterocycles. The zero-order valence-corrected chi connectivity index (χ0v) is 12.9. The lowest BCUT2D eigenvalue weighted by Crippen LogP contribution is -2.31. The van der Waals surface area contributed by atoms with Gasteiger partial charge < -0.3 is 14.5 Å². The molecule has 1 aliphatic rings. The highest BCUT2D eigenvalue weighted by Gasteiger charge is 2.16. The molecule has 0 bridgehead atoms. The Kier molecular flexibility index (Phi) is 5.08. The lowest BCUT2D eigenvalue weighted by Gasteiger charge is -2.10. The van der Waals surface area contributed by atoms with Crippen molar-refractivity contribution in [3.8, 4) is 11.3 Å². The first-order valence-electron chi connectivity index (χ1n) is 7.93. The largest absolute Gasteiger partial charge is 0.461 e. The molecule has 23 heavy (non-hydrogen) atoms. The van der Waals surface area contributed by atoms with Crippen LogP contribution < -0.4 is 5.32 Å². The minimum absolute atomic E-state index is 0.000215. The van der Waals surface area contributed by atoms with Crippen LogP contribution in [0.3, 0.4) is 0 Å². The van der Waals surface area contributed by atoms with Gasteiger partial charge in [0.05, 0.1) is 6.10 Å². The summed E-state index contributed by atoms with van der Waals surface area (Å²) in [7, 11) is 0. The van der Waals surface area contributed by atoms with E-state index in [9.17, 15) is 9.18 Å². The van der Waals surface area contributed by atoms with Gasteiger partial charge in [0.25, 0.3) is 0 Å². The van der Waals surface area contributed by atoms with Gasteiger partial charge in [-0.15, -0.1) is 0 Å². The van der Waals surface area contributed by atoms with Crippen LogP contribution in [0.2, 0.25) is 0 Å². The predicted molar refractivity (Wildman–Crippen MR) is 84.4 cm³/mol. The highest BCUT2D eigenvalue weighted by Crippen LogP contribution is 2.23. The van der Waals surface area contributed by atoms with E-state index in [1.165, 1.54) is 12.1 Å². The molecule has 1 aromatic heterocycles. The summed E-state index contributed by atoms with van der Waals surface area (Å²) in [6.45, 7) is 1.37. The van der Waals surface area contributed by atoms with Crippen LogP contribution in [0.15, 0.2) is 40.8 Å². The highest BCUT2D eigenvalue weighted by atomic mass is 19.1. The van der Waals surface area contributed by atoms with Crippen LogP contribution in [0, 0.1) is 5.82 Å². The van der Waals surface area contributed by atoms with Gasteiger partial charge in [0.15, 0.2) is 0 Å². The molecule has 122 valence electrons. The third-order valence-electron chi connectivity index (χ3n) is 3.94. The SMILES string of the molecule is O=C(CCc1ccc(-c2ccc(F)cc2)o1)NC[C@@H]1CCCO1. The number of amides is 1. The zero-order chi connectivity index (χ0) is 16.1. The maximum atomic E-state index is 12.9. The Balaban J connectivity index is 1.47. The molecule has 0 unspecified atom stereocenters. The van der Waals surface area contributed by atoms with E-state index in [0.29, 0.717) is 25.1 Å². The highest BCUT2D eigenvalue weighted by molar-refractivity contribution is 5.76. The summed E-state index contributed by atoms with van der Waals surface area (Å²) >= 11 is 0. The van der Waals surface area contributed by atoms with Crippen LogP contribution in [0.5, 0.6) is 0 Å². The number of carbonyl (C=O) groups is 1. The standard InChI is InChI=1S/C18H20FNO3/c19-14-5-3-13(4-6-14)17-9-7-15(23-17)8-10-18(21)20-12-16-2-1-11-22-16/h3-7,9,16H,1-2,8,10-12H2,(H,20,21)/t16-/m0/s1. The fourth-order valence-electron chi connectivity index (χ4n) is 2.64. The number of hydrogen-bond acceptors (Lipinski definition) is 3. The van der Waals surface area contributed by atoms with Crippen LogP contribution >= 0.6 is 0 Å². The molecule has 1 aromatic carbocycles. The summed E-state index contributed by atoms with van der Waals surface area (Å²) in [4.78, 5) is 11.8. The molecule has 0 aliphatic carbocycles. The van der Waals surface area contributed by atoms with E-state index >= 15 is 0 Å². The predicted octanol–water partition coefficient (Wildman–Crippen LogP) is 3.31. The van der Waals surface area contributed by atoms with Gasteiger partial charge in [-0.25, -0.2) is 4.39 Å². The van der Waals surface area contributed by atoms with E-state index in [4.69, 9.17) is 9.15 Å². The van der Waals surface area contributed by atoms with E-state index in [0.717, 1.165) is 30.8 Å². The van der Waals surface area contributed by atoms with Crippen molar-refractivity contribution in [1.29, 1.82) is 0 Å². The van der Waals surface area contributed by atoms with E-state index in [2.05, 4.69) is 5.32 Å². The Morgan fingerprint density at radius 2 is 2.04 bits per heavy atom. The maximum Gasteiger partial charge on any atom is 0.220 e. The number of benzene rings is 1. The average Bonchev–Trinajstić information content (AvgIpc) is 3.23. The molecule has 1 aliphatic heterocycles. The second-order valence-electron chi connectivity index (χ2n) is 5.71. The molecule has 1 amide bonds. The van der Waals surface area contributed by atoms with Crippen molar-refractivity contribution in [2.45, 2.75) is 31.8 Å². The molecule has 1 atom stereocenters. The zero-order valence-electron chi connectivity index (χ0n) is 12.9. The van der Waals surface area contributed by atoms with Gasteiger partial charge in [0.2, 0.25) is 5.91 Å². The molecular weight excluding hydrogens is 297 g/mol. The monoisotopic (exact) mass is 317 g/mol. The normalized spacial score (nSPS) is 17.3. The summed E-state index contributed by atoms with van der Waals surface area (Å²) in [6, 6.07) is 9.84. The summed E-state index contributed by atoms with van der Waals surface area (Å²) in [5.74, 6) is 1.15. The van der Waals surface area contributed by atoms with Gasteiger partial charge in [-0.2, -0.15) is 0 Å². The fourth-order valence-corrected chi connectivity index (χ4v) is 2.64. The minimum Gasteiger partial charge on any atom is -0.461 e. The topological polar surface area (TPSA) is 51.5 Å². The molecular formula is C18H20FNO3. The molecule has 3 rings (SSSR count). The van der Waals surface area contributed by atoms with Crippen LogP contribution in [-0.4, -0.2) is 25.2 Å². The molecule has 0 spiro atoms. The quantitative estimate of drug-likeness (QED) is 0.889. The number of aryl methyl sites for hydroxylation is 1. The lowest BCUT2D eigenvalue weighted by atomic mass is 10.2. The van der Waals surface area contributed by atoms with Crippen molar-refractivity contribution in [3.05, 3.63) is 48.0 Å². The van der Waals surface area contributed by atoms with Gasteiger partial charge in [-0.1, -0.05) is 0 Å². The second kappa shape index (κ2) is 7.42. The maximum absolute atomic E-state index is 12.9. The number of hydrogen-bond donors (Lipinski definition) is 1. The van der Waals surface area contributed by atoms with Gasteiger partial charge in [-0.3, -0.25) is 4.79 Å². The molecule has 5 heteroatoms. The number of ether oxygens (including phenoxy) is 1. The molecule has 1 saturated heterocycles. The molecule has 0 radical (unpaired) electrons. The third kappa shape index (κ3) is 4.42. The molecule has 1 fully saturated rings. The number of carbonyl (C=O) groups excluding carboxylic acids is 1. The van der Waals surface area contributed by atoms with E-state index in [1.54, 1.807) is 12.1 Å². The van der Waals surface area contributed by atoms with Gasteiger partial charge in [-0.05, 0) is 49.2 Å². The van der Waals surface area contributed by atoms with Crippen LogP contribution in [0.4, 0.5) is 4.39 Å². The summed E-state index contributed by atoms with van der Waals surface area (Å²) in [6.07, 6.45) is 3.16. The van der Waals surface area contributed by atoms with Crippen molar-refractivity contribution < 1.29 is 18.3 Å². The number of rotatable bonds is 6. The fraction of sp³-hybridized carbons (Fsp3) is 0.389. The lowest BCUT2D eigenvalue weighted by molar-refractivity contribution is -0.121. The van der Waals surface area contributed by atoms with Crippen molar-refractivity contribution in [2.75, 3.05) is 13.2 Å². The minimum atomic E-state index is -0.275. The smallest absolute Gasteiger partial charge is 0.220 e. The van der Waals surface area contributed by atoms with E-state index in [-0.39, 0.29) is 17.8 Å². The van der Waals surface area contributed by atoms with Crippen LogP contribution in [0.1, 0.15) is 25.0 Å².